The Balaban J connectivity index is 1.83. The number of hydrogen-bond donors (Lipinski definition) is 1. The molecule has 3 rings (SSSR count). The summed E-state index contributed by atoms with van der Waals surface area (Å²) >= 11 is 0. The molecule has 3 nitrogen and oxygen atoms in total. The van der Waals surface area contributed by atoms with Gasteiger partial charge in [-0.1, -0.05) is 42.5 Å². The van der Waals surface area contributed by atoms with Crippen molar-refractivity contribution in [2.45, 2.75) is 32.2 Å². The first-order valence-corrected chi connectivity index (χ1v) is 8.77. The van der Waals surface area contributed by atoms with E-state index in [0.29, 0.717) is 25.8 Å². The van der Waals surface area contributed by atoms with Gasteiger partial charge < -0.3 is 10.0 Å². The number of halogens is 1. The summed E-state index contributed by atoms with van der Waals surface area (Å²) in [6.07, 6.45) is 1.67. The van der Waals surface area contributed by atoms with Crippen LogP contribution < -0.4 is 0 Å². The van der Waals surface area contributed by atoms with Crippen LogP contribution in [0.15, 0.2) is 54.6 Å². The summed E-state index contributed by atoms with van der Waals surface area (Å²) in [4.78, 5) is 15.2. The minimum Gasteiger partial charge on any atom is -0.396 e. The molecule has 25 heavy (non-hydrogen) atoms. The lowest BCUT2D eigenvalue weighted by molar-refractivity contribution is -0.138. The van der Waals surface area contributed by atoms with E-state index < -0.39 is 5.41 Å². The van der Waals surface area contributed by atoms with E-state index in [2.05, 4.69) is 0 Å². The van der Waals surface area contributed by atoms with Gasteiger partial charge in [-0.25, -0.2) is 4.39 Å². The van der Waals surface area contributed by atoms with Crippen molar-refractivity contribution in [3.63, 3.8) is 0 Å². The van der Waals surface area contributed by atoms with Crippen molar-refractivity contribution in [3.8, 4) is 0 Å². The molecule has 0 spiro atoms. The number of nitrogens with zero attached hydrogens (tertiary/aromatic N) is 1. The zero-order valence-corrected chi connectivity index (χ0v) is 14.5. The van der Waals surface area contributed by atoms with Crippen molar-refractivity contribution >= 4 is 5.91 Å². The molecule has 1 aliphatic rings. The molecule has 4 heteroatoms. The molecule has 1 amide bonds. The van der Waals surface area contributed by atoms with Crippen LogP contribution in [0, 0.1) is 11.2 Å². The van der Waals surface area contributed by atoms with Gasteiger partial charge in [0.25, 0.3) is 0 Å². The standard InChI is InChI=1S/C21H24FNO2/c1-16(18-5-3-2-4-6-18)23-13-11-21(12-14-24,20(23)25)15-17-7-9-19(22)10-8-17/h2-10,16,24H,11-15H2,1H3/t16-,21?/m0/s1. The van der Waals surface area contributed by atoms with Crippen LogP contribution in [0.2, 0.25) is 0 Å². The van der Waals surface area contributed by atoms with Crippen LogP contribution >= 0.6 is 0 Å². The topological polar surface area (TPSA) is 40.5 Å². The van der Waals surface area contributed by atoms with E-state index in [0.717, 1.165) is 11.1 Å². The van der Waals surface area contributed by atoms with Gasteiger partial charge in [-0.05, 0) is 49.4 Å². The van der Waals surface area contributed by atoms with Crippen LogP contribution in [0.5, 0.6) is 0 Å². The fourth-order valence-electron chi connectivity index (χ4n) is 3.82. The molecule has 0 saturated carbocycles. The Kier molecular flexibility index (Phi) is 5.19. The number of aliphatic hydroxyl groups excluding tert-OH is 1. The maximum atomic E-state index is 13.2. The Morgan fingerprint density at radius 2 is 1.84 bits per heavy atom. The molecule has 2 atom stereocenters. The van der Waals surface area contributed by atoms with Crippen LogP contribution in [0.25, 0.3) is 0 Å². The molecular formula is C21H24FNO2. The van der Waals surface area contributed by atoms with Crippen LogP contribution in [0.1, 0.15) is 36.9 Å². The number of carbonyl (C=O) groups excluding carboxylic acids is 1. The van der Waals surface area contributed by atoms with Crippen LogP contribution in [0.4, 0.5) is 4.39 Å². The summed E-state index contributed by atoms with van der Waals surface area (Å²) < 4.78 is 13.2. The number of aliphatic hydroxyl groups is 1. The minimum atomic E-state index is -0.602. The van der Waals surface area contributed by atoms with Gasteiger partial charge in [-0.2, -0.15) is 0 Å². The predicted octanol–water partition coefficient (Wildman–Crippen LogP) is 3.73. The third-order valence-corrected chi connectivity index (χ3v) is 5.34. The molecule has 0 aromatic heterocycles. The molecular weight excluding hydrogens is 317 g/mol. The second kappa shape index (κ2) is 7.36. The van der Waals surface area contributed by atoms with Gasteiger partial charge in [-0.15, -0.1) is 0 Å². The lowest BCUT2D eigenvalue weighted by Crippen LogP contribution is -2.38. The predicted molar refractivity (Wildman–Crippen MR) is 95.4 cm³/mol. The first-order valence-electron chi connectivity index (χ1n) is 8.77. The van der Waals surface area contributed by atoms with Crippen molar-refractivity contribution < 1.29 is 14.3 Å². The summed E-state index contributed by atoms with van der Waals surface area (Å²) in [5, 5.41) is 9.54. The average Bonchev–Trinajstić information content (AvgIpc) is 2.94. The van der Waals surface area contributed by atoms with Crippen LogP contribution in [-0.4, -0.2) is 29.1 Å². The van der Waals surface area contributed by atoms with Gasteiger partial charge in [0.05, 0.1) is 11.5 Å². The summed E-state index contributed by atoms with van der Waals surface area (Å²) in [5.41, 5.74) is 1.44. The molecule has 2 aromatic carbocycles. The van der Waals surface area contributed by atoms with Gasteiger partial charge in [0.15, 0.2) is 0 Å². The highest BCUT2D eigenvalue weighted by Gasteiger charge is 2.47. The second-order valence-electron chi connectivity index (χ2n) is 6.89. The highest BCUT2D eigenvalue weighted by Crippen LogP contribution is 2.41. The number of amides is 1. The van der Waals surface area contributed by atoms with Gasteiger partial charge >= 0.3 is 0 Å². The molecule has 1 fully saturated rings. The van der Waals surface area contributed by atoms with Crippen molar-refractivity contribution in [2.24, 2.45) is 5.41 Å². The summed E-state index contributed by atoms with van der Waals surface area (Å²) in [6.45, 7) is 2.69. The normalized spacial score (nSPS) is 21.6. The number of carbonyl (C=O) groups is 1. The smallest absolute Gasteiger partial charge is 0.229 e. The number of benzene rings is 2. The Bertz CT molecular complexity index is 716. The molecule has 0 aliphatic carbocycles. The zero-order chi connectivity index (χ0) is 17.9. The molecule has 132 valence electrons. The molecule has 1 unspecified atom stereocenters. The van der Waals surface area contributed by atoms with Crippen LogP contribution in [0.3, 0.4) is 0 Å². The molecule has 0 bridgehead atoms. The Morgan fingerprint density at radius 1 is 1.16 bits per heavy atom. The van der Waals surface area contributed by atoms with Gasteiger partial charge in [0.1, 0.15) is 5.82 Å². The maximum Gasteiger partial charge on any atom is 0.229 e. The largest absolute Gasteiger partial charge is 0.396 e. The number of rotatable bonds is 6. The van der Waals surface area contributed by atoms with E-state index in [1.165, 1.54) is 12.1 Å². The van der Waals surface area contributed by atoms with E-state index in [-0.39, 0.29) is 24.4 Å². The Morgan fingerprint density at radius 3 is 2.48 bits per heavy atom. The Hall–Kier alpha value is -2.20. The van der Waals surface area contributed by atoms with Gasteiger partial charge in [-0.3, -0.25) is 4.79 Å². The monoisotopic (exact) mass is 341 g/mol. The fraction of sp³-hybridized carbons (Fsp3) is 0.381. The van der Waals surface area contributed by atoms with Crippen molar-refractivity contribution in [1.29, 1.82) is 0 Å². The molecule has 2 aromatic rings. The van der Waals surface area contributed by atoms with Gasteiger partial charge in [0, 0.05) is 13.2 Å². The summed E-state index contributed by atoms with van der Waals surface area (Å²) in [5.74, 6) is -0.195. The number of likely N-dealkylation sites (tertiary alicyclic amines) is 1. The number of hydrogen-bond acceptors (Lipinski definition) is 2. The molecule has 1 aliphatic heterocycles. The van der Waals surface area contributed by atoms with E-state index in [1.807, 2.05) is 42.2 Å². The lowest BCUT2D eigenvalue weighted by atomic mass is 9.77. The quantitative estimate of drug-likeness (QED) is 0.870. The van der Waals surface area contributed by atoms with Crippen molar-refractivity contribution in [2.75, 3.05) is 13.2 Å². The van der Waals surface area contributed by atoms with Crippen molar-refractivity contribution in [1.82, 2.24) is 4.90 Å². The average molecular weight is 341 g/mol. The maximum absolute atomic E-state index is 13.2. The first kappa shape index (κ1) is 17.6. The highest BCUT2D eigenvalue weighted by atomic mass is 19.1. The molecule has 1 saturated heterocycles. The van der Waals surface area contributed by atoms with E-state index in [1.54, 1.807) is 12.1 Å². The fourth-order valence-corrected chi connectivity index (χ4v) is 3.82. The molecule has 0 radical (unpaired) electrons. The molecule has 1 heterocycles. The summed E-state index contributed by atoms with van der Waals surface area (Å²) in [7, 11) is 0. The Labute approximate surface area is 148 Å². The van der Waals surface area contributed by atoms with E-state index in [4.69, 9.17) is 0 Å². The first-order chi connectivity index (χ1) is 12.1. The summed E-state index contributed by atoms with van der Waals surface area (Å²) in [6, 6.07) is 16.3. The molecule has 1 N–H and O–H groups in total. The SMILES string of the molecule is C[C@@H](c1ccccc1)N1CCC(CCO)(Cc2ccc(F)cc2)C1=O. The lowest BCUT2D eigenvalue weighted by Gasteiger charge is -2.30. The third kappa shape index (κ3) is 3.59. The van der Waals surface area contributed by atoms with Gasteiger partial charge in [0.2, 0.25) is 5.91 Å². The van der Waals surface area contributed by atoms with Crippen molar-refractivity contribution in [3.05, 3.63) is 71.5 Å². The zero-order valence-electron chi connectivity index (χ0n) is 14.5. The van der Waals surface area contributed by atoms with E-state index >= 15 is 0 Å². The van der Waals surface area contributed by atoms with E-state index in [9.17, 15) is 14.3 Å². The van der Waals surface area contributed by atoms with Crippen LogP contribution in [-0.2, 0) is 11.2 Å². The minimum absolute atomic E-state index is 0.00230. The highest BCUT2D eigenvalue weighted by molar-refractivity contribution is 5.85. The second-order valence-corrected chi connectivity index (χ2v) is 6.89. The third-order valence-electron chi connectivity index (χ3n) is 5.34.